The van der Waals surface area contributed by atoms with Gasteiger partial charge in [0, 0.05) is 16.2 Å². The molecule has 2 nitrogen and oxygen atoms in total. The number of pyridine rings is 1. The molecule has 1 atom stereocenters. The molecule has 3 heteroatoms. The Balaban J connectivity index is 2.64. The van der Waals surface area contributed by atoms with Gasteiger partial charge in [-0.05, 0) is 48.2 Å². The minimum absolute atomic E-state index is 0.220. The minimum atomic E-state index is 0.220. The lowest BCUT2D eigenvalue weighted by Crippen LogP contribution is -2.15. The van der Waals surface area contributed by atoms with E-state index in [-0.39, 0.29) is 6.10 Å². The first-order valence-corrected chi connectivity index (χ1v) is 6.07. The molecule has 1 rings (SSSR count). The molecule has 0 spiro atoms. The highest BCUT2D eigenvalue weighted by Gasteiger charge is 2.09. The summed E-state index contributed by atoms with van der Waals surface area (Å²) in [5.41, 5.74) is 1.07. The van der Waals surface area contributed by atoms with E-state index in [9.17, 15) is 0 Å². The third-order valence-corrected chi connectivity index (χ3v) is 2.55. The molecule has 0 aliphatic rings. The second kappa shape index (κ2) is 5.50. The van der Waals surface area contributed by atoms with Gasteiger partial charge in [0.1, 0.15) is 0 Å². The van der Waals surface area contributed by atoms with Crippen LogP contribution in [0, 0.1) is 12.8 Å². The summed E-state index contributed by atoms with van der Waals surface area (Å²) in [6.07, 6.45) is 3.04. The van der Waals surface area contributed by atoms with Crippen LogP contribution < -0.4 is 4.74 Å². The van der Waals surface area contributed by atoms with Crippen LogP contribution in [0.4, 0.5) is 0 Å². The van der Waals surface area contributed by atoms with E-state index in [1.165, 1.54) is 0 Å². The molecule has 84 valence electrons. The lowest BCUT2D eigenvalue weighted by atomic mass is 10.1. The highest BCUT2D eigenvalue weighted by Crippen LogP contribution is 2.21. The Morgan fingerprint density at radius 3 is 2.60 bits per heavy atom. The molecule has 0 radical (unpaired) electrons. The average molecular weight is 272 g/mol. The van der Waals surface area contributed by atoms with Crippen molar-refractivity contribution in [1.29, 1.82) is 0 Å². The van der Waals surface area contributed by atoms with Crippen molar-refractivity contribution < 1.29 is 4.74 Å². The molecule has 0 aliphatic carbocycles. The second-order valence-electron chi connectivity index (χ2n) is 4.33. The van der Waals surface area contributed by atoms with Crippen molar-refractivity contribution in [2.24, 2.45) is 5.92 Å². The summed E-state index contributed by atoms with van der Waals surface area (Å²) in [7, 11) is 0. The van der Waals surface area contributed by atoms with E-state index in [2.05, 4.69) is 41.7 Å². The molecule has 0 amide bonds. The third-order valence-electron chi connectivity index (χ3n) is 2.11. The molecule has 1 heterocycles. The maximum absolute atomic E-state index is 5.78. The summed E-state index contributed by atoms with van der Waals surface area (Å²) >= 11 is 3.38. The monoisotopic (exact) mass is 271 g/mol. The highest BCUT2D eigenvalue weighted by atomic mass is 79.9. The summed E-state index contributed by atoms with van der Waals surface area (Å²) in [6, 6.07) is 2.02. The molecule has 15 heavy (non-hydrogen) atoms. The quantitative estimate of drug-likeness (QED) is 0.827. The van der Waals surface area contributed by atoms with Crippen molar-refractivity contribution in [3.63, 3.8) is 0 Å². The molecule has 0 aliphatic heterocycles. The van der Waals surface area contributed by atoms with Crippen LogP contribution in [0.2, 0.25) is 0 Å². The summed E-state index contributed by atoms with van der Waals surface area (Å²) in [6.45, 7) is 8.49. The molecule has 0 bridgehead atoms. The molecule has 0 saturated heterocycles. The van der Waals surface area contributed by atoms with Gasteiger partial charge in [-0.1, -0.05) is 13.8 Å². The van der Waals surface area contributed by atoms with E-state index in [0.29, 0.717) is 5.92 Å². The number of halogens is 1. The Hall–Kier alpha value is -0.570. The van der Waals surface area contributed by atoms with Crippen molar-refractivity contribution in [3.8, 4) is 5.88 Å². The first-order chi connectivity index (χ1) is 6.99. The van der Waals surface area contributed by atoms with Crippen LogP contribution in [-0.4, -0.2) is 11.1 Å². The van der Waals surface area contributed by atoms with E-state index in [0.717, 1.165) is 22.3 Å². The lowest BCUT2D eigenvalue weighted by molar-refractivity contribution is 0.184. The Bertz CT molecular complexity index is 325. The Morgan fingerprint density at radius 1 is 1.40 bits per heavy atom. The van der Waals surface area contributed by atoms with Gasteiger partial charge in [-0.25, -0.2) is 4.98 Å². The van der Waals surface area contributed by atoms with Crippen molar-refractivity contribution in [2.75, 3.05) is 0 Å². The van der Waals surface area contributed by atoms with E-state index >= 15 is 0 Å². The van der Waals surface area contributed by atoms with Crippen molar-refractivity contribution >= 4 is 15.9 Å². The van der Waals surface area contributed by atoms with Crippen LogP contribution in [0.15, 0.2) is 16.7 Å². The zero-order valence-electron chi connectivity index (χ0n) is 9.75. The number of ether oxygens (including phenoxy) is 1. The van der Waals surface area contributed by atoms with Gasteiger partial charge in [-0.2, -0.15) is 0 Å². The number of hydrogen-bond donors (Lipinski definition) is 0. The zero-order valence-corrected chi connectivity index (χ0v) is 11.3. The predicted molar refractivity (Wildman–Crippen MR) is 66.2 cm³/mol. The van der Waals surface area contributed by atoms with Crippen LogP contribution in [0.5, 0.6) is 5.88 Å². The van der Waals surface area contributed by atoms with Crippen molar-refractivity contribution in [2.45, 2.75) is 40.2 Å². The van der Waals surface area contributed by atoms with Gasteiger partial charge in [0.2, 0.25) is 5.88 Å². The van der Waals surface area contributed by atoms with Gasteiger partial charge in [-0.3, -0.25) is 0 Å². The van der Waals surface area contributed by atoms with Crippen LogP contribution in [0.25, 0.3) is 0 Å². The number of aryl methyl sites for hydroxylation is 1. The standard InChI is InChI=1S/C12H18BrNO/c1-8(2)5-10(4)15-12-9(3)6-11(13)7-14-12/h6-8,10H,5H2,1-4H3. The maximum Gasteiger partial charge on any atom is 0.216 e. The van der Waals surface area contributed by atoms with Crippen LogP contribution in [0.1, 0.15) is 32.8 Å². The normalized spacial score (nSPS) is 12.9. The number of hydrogen-bond acceptors (Lipinski definition) is 2. The van der Waals surface area contributed by atoms with Gasteiger partial charge in [0.05, 0.1) is 6.10 Å². The molecule has 0 N–H and O–H groups in total. The summed E-state index contributed by atoms with van der Waals surface area (Å²) in [4.78, 5) is 4.26. The molecule has 1 aromatic rings. The number of nitrogens with zero attached hydrogens (tertiary/aromatic N) is 1. The smallest absolute Gasteiger partial charge is 0.216 e. The van der Waals surface area contributed by atoms with Gasteiger partial charge < -0.3 is 4.74 Å². The molecule has 1 unspecified atom stereocenters. The zero-order chi connectivity index (χ0) is 11.4. The van der Waals surface area contributed by atoms with E-state index in [1.54, 1.807) is 6.20 Å². The first kappa shape index (κ1) is 12.5. The Kier molecular flexibility index (Phi) is 4.58. The van der Waals surface area contributed by atoms with E-state index in [4.69, 9.17) is 4.74 Å². The largest absolute Gasteiger partial charge is 0.474 e. The maximum atomic E-state index is 5.78. The van der Waals surface area contributed by atoms with Gasteiger partial charge in [-0.15, -0.1) is 0 Å². The van der Waals surface area contributed by atoms with Crippen LogP contribution >= 0.6 is 15.9 Å². The average Bonchev–Trinajstić information content (AvgIpc) is 2.08. The first-order valence-electron chi connectivity index (χ1n) is 5.28. The summed E-state index contributed by atoms with van der Waals surface area (Å²) in [5.74, 6) is 1.39. The van der Waals surface area contributed by atoms with Crippen molar-refractivity contribution in [3.05, 3.63) is 22.3 Å². The van der Waals surface area contributed by atoms with Gasteiger partial charge in [0.25, 0.3) is 0 Å². The van der Waals surface area contributed by atoms with E-state index in [1.807, 2.05) is 13.0 Å². The topological polar surface area (TPSA) is 22.1 Å². The fourth-order valence-electron chi connectivity index (χ4n) is 1.55. The summed E-state index contributed by atoms with van der Waals surface area (Å²) in [5, 5.41) is 0. The number of aromatic nitrogens is 1. The van der Waals surface area contributed by atoms with Crippen molar-refractivity contribution in [1.82, 2.24) is 4.98 Å². The highest BCUT2D eigenvalue weighted by molar-refractivity contribution is 9.10. The minimum Gasteiger partial charge on any atom is -0.474 e. The van der Waals surface area contributed by atoms with E-state index < -0.39 is 0 Å². The second-order valence-corrected chi connectivity index (χ2v) is 5.25. The number of rotatable bonds is 4. The van der Waals surface area contributed by atoms with Gasteiger partial charge >= 0.3 is 0 Å². The fourth-order valence-corrected chi connectivity index (χ4v) is 2.00. The lowest BCUT2D eigenvalue weighted by Gasteiger charge is -2.17. The molecule has 1 aromatic heterocycles. The Morgan fingerprint density at radius 2 is 2.07 bits per heavy atom. The van der Waals surface area contributed by atoms with Crippen LogP contribution in [-0.2, 0) is 0 Å². The molecular formula is C12H18BrNO. The Labute approximate surface area is 100 Å². The predicted octanol–water partition coefficient (Wildman–Crippen LogP) is 3.97. The summed E-state index contributed by atoms with van der Waals surface area (Å²) < 4.78 is 6.77. The third kappa shape index (κ3) is 4.20. The molecule has 0 fully saturated rings. The SMILES string of the molecule is Cc1cc(Br)cnc1OC(C)CC(C)C. The fraction of sp³-hybridized carbons (Fsp3) is 0.583. The molecular weight excluding hydrogens is 254 g/mol. The van der Waals surface area contributed by atoms with Crippen LogP contribution in [0.3, 0.4) is 0 Å². The van der Waals surface area contributed by atoms with Gasteiger partial charge in [0.15, 0.2) is 0 Å². The molecule has 0 aromatic carbocycles. The molecule has 0 saturated carbocycles.